The van der Waals surface area contributed by atoms with E-state index < -0.39 is 0 Å². The second-order valence-electron chi connectivity index (χ2n) is 7.00. The number of para-hydroxylation sites is 1. The van der Waals surface area contributed by atoms with Gasteiger partial charge in [0.2, 0.25) is 17.8 Å². The number of azo groups is 1. The van der Waals surface area contributed by atoms with Crippen molar-refractivity contribution >= 4 is 34.5 Å². The third kappa shape index (κ3) is 4.43. The summed E-state index contributed by atoms with van der Waals surface area (Å²) in [5.41, 5.74) is 9.25. The lowest BCUT2D eigenvalue weighted by atomic mass is 10.3. The maximum absolute atomic E-state index is 10.6. The Balaban J connectivity index is 1.58. The molecule has 32 heavy (non-hydrogen) atoms. The van der Waals surface area contributed by atoms with Crippen molar-refractivity contribution in [2.45, 2.75) is 13.8 Å². The van der Waals surface area contributed by atoms with Crippen LogP contribution < -0.4 is 11.1 Å². The number of aromatic nitrogens is 5. The van der Waals surface area contributed by atoms with Crippen LogP contribution in [0, 0.1) is 6.92 Å². The Kier molecular flexibility index (Phi) is 5.58. The molecule has 0 atom stereocenters. The van der Waals surface area contributed by atoms with Gasteiger partial charge in [0.05, 0.1) is 17.1 Å². The number of nitrogens with two attached hydrogens (primary N) is 1. The van der Waals surface area contributed by atoms with Crippen LogP contribution in [0.2, 0.25) is 0 Å². The number of nitrogens with zero attached hydrogens (tertiary/aromatic N) is 7. The number of nitrogens with one attached hydrogen (secondary N) is 1. The van der Waals surface area contributed by atoms with Gasteiger partial charge in [-0.2, -0.15) is 29.8 Å². The monoisotopic (exact) mass is 427 g/mol. The molecule has 0 bridgehead atoms. The van der Waals surface area contributed by atoms with Crippen LogP contribution in [0.5, 0.6) is 5.88 Å². The summed E-state index contributed by atoms with van der Waals surface area (Å²) in [6.45, 7) is 7.37. The molecule has 10 heteroatoms. The summed E-state index contributed by atoms with van der Waals surface area (Å²) in [6.07, 6.45) is 0. The number of aromatic hydroxyl groups is 1. The molecule has 2 aromatic carbocycles. The summed E-state index contributed by atoms with van der Waals surface area (Å²) in [4.78, 5) is 12.4. The van der Waals surface area contributed by atoms with E-state index in [4.69, 9.17) is 5.73 Å². The van der Waals surface area contributed by atoms with Gasteiger partial charge in [-0.25, -0.2) is 0 Å². The van der Waals surface area contributed by atoms with Gasteiger partial charge in [0, 0.05) is 5.69 Å². The Labute approximate surface area is 184 Å². The lowest BCUT2D eigenvalue weighted by Gasteiger charge is -2.07. The Morgan fingerprint density at radius 1 is 1.06 bits per heavy atom. The lowest BCUT2D eigenvalue weighted by Crippen LogP contribution is -2.06. The number of benzene rings is 2. The maximum atomic E-state index is 10.6. The van der Waals surface area contributed by atoms with E-state index in [0.29, 0.717) is 40.1 Å². The molecule has 4 aromatic rings. The van der Waals surface area contributed by atoms with Gasteiger partial charge >= 0.3 is 0 Å². The fraction of sp³-hybridized carbons (Fsp3) is 0.0909. The number of hydrogen-bond acceptors (Lipinski definition) is 9. The summed E-state index contributed by atoms with van der Waals surface area (Å²) < 4.78 is 1.42. The standard InChI is InChI=1S/C22H21N9O/c1-13(2)19-25-21(23)27-22(26-19)24-15-8-7-9-16(12-15)28-29-18-14(3)30-31(20(18)32)17-10-5-4-6-11-17/h4-12,32H,1H2,2-3H3,(H3,23,24,25,26,27). The summed E-state index contributed by atoms with van der Waals surface area (Å²) in [5, 5.41) is 26.5. The predicted molar refractivity (Wildman–Crippen MR) is 123 cm³/mol. The van der Waals surface area contributed by atoms with Crippen LogP contribution in [-0.4, -0.2) is 29.8 Å². The van der Waals surface area contributed by atoms with Crippen LogP contribution in [-0.2, 0) is 0 Å². The summed E-state index contributed by atoms with van der Waals surface area (Å²) in [5.74, 6) is 0.719. The maximum Gasteiger partial charge on any atom is 0.243 e. The van der Waals surface area contributed by atoms with Crippen LogP contribution in [0.3, 0.4) is 0 Å². The van der Waals surface area contributed by atoms with E-state index in [1.165, 1.54) is 4.68 Å². The van der Waals surface area contributed by atoms with Crippen LogP contribution in [0.4, 0.5) is 29.0 Å². The first-order valence-corrected chi connectivity index (χ1v) is 9.71. The second kappa shape index (κ2) is 8.64. The van der Waals surface area contributed by atoms with Crippen molar-refractivity contribution < 1.29 is 5.11 Å². The molecule has 0 saturated heterocycles. The van der Waals surface area contributed by atoms with Crippen molar-refractivity contribution in [2.24, 2.45) is 10.2 Å². The minimum Gasteiger partial charge on any atom is -0.492 e. The Hall–Kier alpha value is -4.60. The molecule has 0 radical (unpaired) electrons. The molecule has 0 fully saturated rings. The van der Waals surface area contributed by atoms with Gasteiger partial charge in [-0.05, 0) is 49.8 Å². The van der Waals surface area contributed by atoms with Crippen molar-refractivity contribution in [3.05, 3.63) is 72.7 Å². The summed E-state index contributed by atoms with van der Waals surface area (Å²) in [6, 6.07) is 16.5. The molecule has 2 aromatic heterocycles. The van der Waals surface area contributed by atoms with E-state index in [1.54, 1.807) is 32.0 Å². The molecule has 4 rings (SSSR count). The van der Waals surface area contributed by atoms with E-state index in [0.717, 1.165) is 5.69 Å². The van der Waals surface area contributed by atoms with Crippen molar-refractivity contribution in [1.82, 2.24) is 24.7 Å². The van der Waals surface area contributed by atoms with Gasteiger partial charge in [-0.3, -0.25) is 0 Å². The van der Waals surface area contributed by atoms with Crippen LogP contribution in [0.25, 0.3) is 11.3 Å². The van der Waals surface area contributed by atoms with Gasteiger partial charge in [0.25, 0.3) is 0 Å². The zero-order valence-electron chi connectivity index (χ0n) is 17.6. The predicted octanol–water partition coefficient (Wildman–Crippen LogP) is 4.85. The molecule has 4 N–H and O–H groups in total. The zero-order valence-corrected chi connectivity index (χ0v) is 17.6. The quantitative estimate of drug-likeness (QED) is 0.374. The van der Waals surface area contributed by atoms with Gasteiger partial charge in [-0.15, -0.1) is 5.11 Å². The highest BCUT2D eigenvalue weighted by atomic mass is 16.3. The fourth-order valence-corrected chi connectivity index (χ4v) is 2.89. The van der Waals surface area contributed by atoms with E-state index >= 15 is 0 Å². The molecule has 0 aliphatic heterocycles. The molecule has 10 nitrogen and oxygen atoms in total. The molecular weight excluding hydrogens is 406 g/mol. The van der Waals surface area contributed by atoms with Gasteiger partial charge in [-0.1, -0.05) is 30.8 Å². The van der Waals surface area contributed by atoms with E-state index in [2.05, 4.69) is 42.2 Å². The molecule has 0 spiro atoms. The fourth-order valence-electron chi connectivity index (χ4n) is 2.89. The number of nitrogen functional groups attached to an aromatic ring is 1. The molecule has 0 amide bonds. The van der Waals surface area contributed by atoms with E-state index in [1.807, 2.05) is 36.4 Å². The third-order valence-corrected chi connectivity index (χ3v) is 4.41. The number of rotatable bonds is 6. The smallest absolute Gasteiger partial charge is 0.243 e. The Morgan fingerprint density at radius 2 is 1.84 bits per heavy atom. The van der Waals surface area contributed by atoms with Crippen LogP contribution in [0.15, 0.2) is 71.4 Å². The molecule has 0 aliphatic rings. The van der Waals surface area contributed by atoms with Crippen molar-refractivity contribution in [2.75, 3.05) is 11.1 Å². The lowest BCUT2D eigenvalue weighted by molar-refractivity contribution is 0.434. The number of anilines is 3. The van der Waals surface area contributed by atoms with Gasteiger partial charge in [0.1, 0.15) is 0 Å². The first kappa shape index (κ1) is 20.7. The molecular formula is C22H21N9O. The average molecular weight is 427 g/mol. The SMILES string of the molecule is C=C(C)c1nc(N)nc(Nc2cccc(N=Nc3c(C)nn(-c4ccccc4)c3O)c2)n1. The molecule has 0 unspecified atom stereocenters. The third-order valence-electron chi connectivity index (χ3n) is 4.41. The van der Waals surface area contributed by atoms with E-state index in [-0.39, 0.29) is 11.8 Å². The highest BCUT2D eigenvalue weighted by Crippen LogP contribution is 2.34. The second-order valence-corrected chi connectivity index (χ2v) is 7.00. The summed E-state index contributed by atoms with van der Waals surface area (Å²) >= 11 is 0. The molecule has 0 aliphatic carbocycles. The number of allylic oxidation sites excluding steroid dienone is 1. The number of aryl methyl sites for hydroxylation is 1. The van der Waals surface area contributed by atoms with Crippen molar-refractivity contribution in [3.63, 3.8) is 0 Å². The normalized spacial score (nSPS) is 11.1. The van der Waals surface area contributed by atoms with Gasteiger partial charge < -0.3 is 16.2 Å². The van der Waals surface area contributed by atoms with E-state index in [9.17, 15) is 5.11 Å². The summed E-state index contributed by atoms with van der Waals surface area (Å²) in [7, 11) is 0. The minimum atomic E-state index is -0.0836. The van der Waals surface area contributed by atoms with Crippen LogP contribution >= 0.6 is 0 Å². The zero-order chi connectivity index (χ0) is 22.7. The minimum absolute atomic E-state index is 0.0836. The first-order valence-electron chi connectivity index (χ1n) is 9.71. The van der Waals surface area contributed by atoms with Gasteiger partial charge in [0.15, 0.2) is 11.5 Å². The number of hydrogen-bond donors (Lipinski definition) is 3. The van der Waals surface area contributed by atoms with Crippen molar-refractivity contribution in [3.8, 4) is 11.6 Å². The van der Waals surface area contributed by atoms with Crippen molar-refractivity contribution in [1.29, 1.82) is 0 Å². The highest BCUT2D eigenvalue weighted by molar-refractivity contribution is 5.62. The Bertz CT molecular complexity index is 1310. The topological polar surface area (TPSA) is 139 Å². The molecule has 2 heterocycles. The highest BCUT2D eigenvalue weighted by Gasteiger charge is 2.15. The molecule has 0 saturated carbocycles. The first-order chi connectivity index (χ1) is 15.4. The Morgan fingerprint density at radius 3 is 2.59 bits per heavy atom. The average Bonchev–Trinajstić information content (AvgIpc) is 3.06. The largest absolute Gasteiger partial charge is 0.492 e. The molecule has 160 valence electrons. The van der Waals surface area contributed by atoms with Crippen LogP contribution in [0.1, 0.15) is 18.4 Å².